The Morgan fingerprint density at radius 2 is 2.05 bits per heavy atom. The van der Waals surface area contributed by atoms with E-state index in [1.54, 1.807) is 19.2 Å². The SMILES string of the molecule is CCCCC(COC)NC(=O)c1cccc(C(=O)O)c1. The van der Waals surface area contributed by atoms with Crippen molar-refractivity contribution in [2.45, 2.75) is 32.2 Å². The zero-order valence-corrected chi connectivity index (χ0v) is 11.9. The molecule has 0 aliphatic carbocycles. The highest BCUT2D eigenvalue weighted by Gasteiger charge is 2.14. The average molecular weight is 279 g/mol. The summed E-state index contributed by atoms with van der Waals surface area (Å²) in [6.45, 7) is 2.53. The van der Waals surface area contributed by atoms with Crippen LogP contribution in [0.3, 0.4) is 0 Å². The summed E-state index contributed by atoms with van der Waals surface area (Å²) in [5.41, 5.74) is 0.456. The van der Waals surface area contributed by atoms with E-state index >= 15 is 0 Å². The topological polar surface area (TPSA) is 75.6 Å². The Balaban J connectivity index is 2.72. The molecular formula is C15H21NO4. The predicted octanol–water partition coefficient (Wildman–Crippen LogP) is 2.32. The van der Waals surface area contributed by atoms with E-state index in [-0.39, 0.29) is 17.5 Å². The van der Waals surface area contributed by atoms with Gasteiger partial charge in [-0.15, -0.1) is 0 Å². The van der Waals surface area contributed by atoms with Gasteiger partial charge < -0.3 is 15.2 Å². The van der Waals surface area contributed by atoms with Gasteiger partial charge in [-0.05, 0) is 24.6 Å². The first-order valence-corrected chi connectivity index (χ1v) is 6.71. The highest BCUT2D eigenvalue weighted by Crippen LogP contribution is 2.07. The van der Waals surface area contributed by atoms with E-state index in [9.17, 15) is 9.59 Å². The molecule has 110 valence electrons. The van der Waals surface area contributed by atoms with Crippen molar-refractivity contribution in [1.82, 2.24) is 5.32 Å². The fourth-order valence-corrected chi connectivity index (χ4v) is 1.91. The number of hydrogen-bond acceptors (Lipinski definition) is 3. The van der Waals surface area contributed by atoms with Crippen LogP contribution in [-0.4, -0.2) is 36.7 Å². The summed E-state index contributed by atoms with van der Waals surface area (Å²) in [4.78, 5) is 23.0. The van der Waals surface area contributed by atoms with Crippen molar-refractivity contribution in [3.05, 3.63) is 35.4 Å². The molecule has 5 nitrogen and oxygen atoms in total. The van der Waals surface area contributed by atoms with Crippen molar-refractivity contribution >= 4 is 11.9 Å². The van der Waals surface area contributed by atoms with Crippen molar-refractivity contribution in [2.75, 3.05) is 13.7 Å². The number of hydrogen-bond donors (Lipinski definition) is 2. The Labute approximate surface area is 118 Å². The molecule has 1 rings (SSSR count). The van der Waals surface area contributed by atoms with Crippen LogP contribution in [0.25, 0.3) is 0 Å². The molecule has 1 unspecified atom stereocenters. The van der Waals surface area contributed by atoms with Gasteiger partial charge in [-0.2, -0.15) is 0 Å². The summed E-state index contributed by atoms with van der Waals surface area (Å²) in [5, 5.41) is 11.8. The Bertz CT molecular complexity index is 459. The lowest BCUT2D eigenvalue weighted by molar-refractivity contribution is 0.0697. The lowest BCUT2D eigenvalue weighted by Crippen LogP contribution is -2.38. The number of benzene rings is 1. The van der Waals surface area contributed by atoms with Gasteiger partial charge in [0.25, 0.3) is 5.91 Å². The highest BCUT2D eigenvalue weighted by molar-refractivity contribution is 5.97. The molecular weight excluding hydrogens is 258 g/mol. The van der Waals surface area contributed by atoms with Crippen LogP contribution in [0.2, 0.25) is 0 Å². The molecule has 1 amide bonds. The van der Waals surface area contributed by atoms with Crippen LogP contribution in [-0.2, 0) is 4.74 Å². The van der Waals surface area contributed by atoms with Gasteiger partial charge in [-0.3, -0.25) is 4.79 Å². The normalized spacial score (nSPS) is 11.9. The quantitative estimate of drug-likeness (QED) is 0.765. The first-order chi connectivity index (χ1) is 9.58. The summed E-state index contributed by atoms with van der Waals surface area (Å²) < 4.78 is 5.09. The van der Waals surface area contributed by atoms with Crippen LogP contribution >= 0.6 is 0 Å². The van der Waals surface area contributed by atoms with Gasteiger partial charge in [0.15, 0.2) is 0 Å². The number of carbonyl (C=O) groups is 2. The molecule has 0 bridgehead atoms. The number of carboxylic acids is 1. The summed E-state index contributed by atoms with van der Waals surface area (Å²) >= 11 is 0. The highest BCUT2D eigenvalue weighted by atomic mass is 16.5. The molecule has 0 saturated carbocycles. The second kappa shape index (κ2) is 8.32. The minimum atomic E-state index is -1.04. The summed E-state index contributed by atoms with van der Waals surface area (Å²) in [7, 11) is 1.59. The number of carboxylic acid groups (broad SMARTS) is 1. The number of rotatable bonds is 8. The molecule has 1 atom stereocenters. The Morgan fingerprint density at radius 3 is 2.65 bits per heavy atom. The van der Waals surface area contributed by atoms with Crippen LogP contribution in [0, 0.1) is 0 Å². The third kappa shape index (κ3) is 5.01. The Kier molecular flexibility index (Phi) is 6.73. The fraction of sp³-hybridized carbons (Fsp3) is 0.467. The number of nitrogens with one attached hydrogen (secondary N) is 1. The Morgan fingerprint density at radius 1 is 1.35 bits per heavy atom. The van der Waals surface area contributed by atoms with Crippen molar-refractivity contribution in [3.63, 3.8) is 0 Å². The van der Waals surface area contributed by atoms with E-state index in [2.05, 4.69) is 12.2 Å². The van der Waals surface area contributed by atoms with Crippen molar-refractivity contribution in [2.24, 2.45) is 0 Å². The van der Waals surface area contributed by atoms with Gasteiger partial charge in [0.2, 0.25) is 0 Å². The zero-order valence-electron chi connectivity index (χ0n) is 11.9. The molecule has 5 heteroatoms. The largest absolute Gasteiger partial charge is 0.478 e. The molecule has 0 aliphatic heterocycles. The number of amides is 1. The van der Waals surface area contributed by atoms with Crippen molar-refractivity contribution in [3.8, 4) is 0 Å². The molecule has 1 aromatic rings. The molecule has 0 aromatic heterocycles. The number of unbranched alkanes of at least 4 members (excludes halogenated alkanes) is 1. The summed E-state index contributed by atoms with van der Waals surface area (Å²) in [5.74, 6) is -1.31. The van der Waals surface area contributed by atoms with Gasteiger partial charge in [0.1, 0.15) is 0 Å². The number of ether oxygens (including phenoxy) is 1. The van der Waals surface area contributed by atoms with Crippen molar-refractivity contribution in [1.29, 1.82) is 0 Å². The third-order valence-electron chi connectivity index (χ3n) is 2.98. The van der Waals surface area contributed by atoms with E-state index in [4.69, 9.17) is 9.84 Å². The molecule has 0 saturated heterocycles. The monoisotopic (exact) mass is 279 g/mol. The van der Waals surface area contributed by atoms with Gasteiger partial charge in [0, 0.05) is 12.7 Å². The predicted molar refractivity (Wildman–Crippen MR) is 76.1 cm³/mol. The van der Waals surface area contributed by atoms with Crippen LogP contribution < -0.4 is 5.32 Å². The number of carbonyl (C=O) groups excluding carboxylic acids is 1. The third-order valence-corrected chi connectivity index (χ3v) is 2.98. The molecule has 20 heavy (non-hydrogen) atoms. The lowest BCUT2D eigenvalue weighted by atomic mass is 10.1. The van der Waals surface area contributed by atoms with Crippen LogP contribution in [0.4, 0.5) is 0 Å². The van der Waals surface area contributed by atoms with Gasteiger partial charge in [-0.1, -0.05) is 25.8 Å². The van der Waals surface area contributed by atoms with E-state index in [0.29, 0.717) is 12.2 Å². The minimum Gasteiger partial charge on any atom is -0.478 e. The molecule has 2 N–H and O–H groups in total. The number of methoxy groups -OCH3 is 1. The van der Waals surface area contributed by atoms with E-state index < -0.39 is 5.97 Å². The van der Waals surface area contributed by atoms with Crippen molar-refractivity contribution < 1.29 is 19.4 Å². The first-order valence-electron chi connectivity index (χ1n) is 6.71. The fourth-order valence-electron chi connectivity index (χ4n) is 1.91. The minimum absolute atomic E-state index is 0.0547. The number of aromatic carboxylic acids is 1. The Hall–Kier alpha value is -1.88. The standard InChI is InChI=1S/C15H21NO4/c1-3-4-8-13(10-20-2)16-14(17)11-6-5-7-12(9-11)15(18)19/h5-7,9,13H,3-4,8,10H2,1-2H3,(H,16,17)(H,18,19). The van der Waals surface area contributed by atoms with E-state index in [0.717, 1.165) is 19.3 Å². The molecule has 1 aromatic carbocycles. The molecule has 0 fully saturated rings. The smallest absolute Gasteiger partial charge is 0.335 e. The first kappa shape index (κ1) is 16.2. The van der Waals surface area contributed by atoms with Gasteiger partial charge >= 0.3 is 5.97 Å². The lowest BCUT2D eigenvalue weighted by Gasteiger charge is -2.17. The van der Waals surface area contributed by atoms with Gasteiger partial charge in [0.05, 0.1) is 18.2 Å². The van der Waals surface area contributed by atoms with E-state index in [1.165, 1.54) is 12.1 Å². The van der Waals surface area contributed by atoms with E-state index in [1.807, 2.05) is 0 Å². The second-order valence-corrected chi connectivity index (χ2v) is 4.65. The van der Waals surface area contributed by atoms with Gasteiger partial charge in [-0.25, -0.2) is 4.79 Å². The van der Waals surface area contributed by atoms with Crippen LogP contribution in [0.1, 0.15) is 46.9 Å². The van der Waals surface area contributed by atoms with Crippen LogP contribution in [0.5, 0.6) is 0 Å². The summed E-state index contributed by atoms with van der Waals surface area (Å²) in [6, 6.07) is 5.95. The zero-order chi connectivity index (χ0) is 15.0. The molecule has 0 aliphatic rings. The maximum absolute atomic E-state index is 12.1. The molecule has 0 heterocycles. The molecule has 0 spiro atoms. The maximum atomic E-state index is 12.1. The van der Waals surface area contributed by atoms with Crippen LogP contribution in [0.15, 0.2) is 24.3 Å². The molecule has 0 radical (unpaired) electrons. The average Bonchev–Trinajstić information content (AvgIpc) is 2.45. The second-order valence-electron chi connectivity index (χ2n) is 4.65. The summed E-state index contributed by atoms with van der Waals surface area (Å²) in [6.07, 6.45) is 2.89. The maximum Gasteiger partial charge on any atom is 0.335 e.